The van der Waals surface area contributed by atoms with E-state index in [1.165, 1.54) is 37.8 Å². The molecule has 14 heteroatoms. The van der Waals surface area contributed by atoms with Gasteiger partial charge in [-0.3, -0.25) is 9.52 Å². The zero-order valence-corrected chi connectivity index (χ0v) is 26.3. The number of carbonyl (C=O) groups excluding carboxylic acids is 1. The van der Waals surface area contributed by atoms with E-state index in [0.717, 1.165) is 5.56 Å². The van der Waals surface area contributed by atoms with Gasteiger partial charge in [-0.2, -0.15) is 4.98 Å². The number of nitrogens with zero attached hydrogens (tertiary/aromatic N) is 5. The molecule has 1 amide bonds. The van der Waals surface area contributed by atoms with Crippen LogP contribution in [0.3, 0.4) is 0 Å². The van der Waals surface area contributed by atoms with E-state index in [2.05, 4.69) is 35.0 Å². The Morgan fingerprint density at radius 3 is 2.13 bits per heavy atom. The molecule has 3 aromatic heterocycles. The average molecular weight is 642 g/mol. The number of anilines is 2. The van der Waals surface area contributed by atoms with Crippen LogP contribution >= 0.6 is 0 Å². The van der Waals surface area contributed by atoms with Crippen molar-refractivity contribution in [3.05, 3.63) is 97.0 Å². The maximum Gasteiger partial charge on any atom is 0.264 e. The Morgan fingerprint density at radius 1 is 0.804 bits per heavy atom. The molecule has 0 aliphatic rings. The zero-order valence-electron chi connectivity index (χ0n) is 25.5. The van der Waals surface area contributed by atoms with Gasteiger partial charge in [0.15, 0.2) is 29.7 Å². The van der Waals surface area contributed by atoms with Gasteiger partial charge < -0.3 is 19.5 Å². The Kier molecular flexibility index (Phi) is 9.37. The summed E-state index contributed by atoms with van der Waals surface area (Å²) in [5.41, 5.74) is 0.773. The smallest absolute Gasteiger partial charge is 0.264 e. The molecule has 236 valence electrons. The second-order valence-corrected chi connectivity index (χ2v) is 12.5. The topological polar surface area (TPSA) is 167 Å². The van der Waals surface area contributed by atoms with Crippen LogP contribution in [0.4, 0.5) is 11.6 Å². The highest BCUT2D eigenvalue weighted by Gasteiger charge is 2.27. The molecule has 2 N–H and O–H groups in total. The summed E-state index contributed by atoms with van der Waals surface area (Å²) in [6.45, 7) is 5.55. The number of carbonyl (C=O) groups is 1. The number of benzene rings is 2. The number of rotatable bonds is 11. The summed E-state index contributed by atoms with van der Waals surface area (Å²) in [5, 5.41) is 2.62. The summed E-state index contributed by atoms with van der Waals surface area (Å²) in [5.74, 6) is -0.502. The van der Waals surface area contributed by atoms with Crippen LogP contribution in [0.15, 0.2) is 96.3 Å². The summed E-state index contributed by atoms with van der Waals surface area (Å²) in [7, 11) is -2.77. The number of aromatic nitrogens is 5. The summed E-state index contributed by atoms with van der Waals surface area (Å²) < 4.78 is 47.4. The highest BCUT2D eigenvalue weighted by Crippen LogP contribution is 2.41. The number of hydrogen-bond donors (Lipinski definition) is 2. The van der Waals surface area contributed by atoms with Gasteiger partial charge in [-0.05, 0) is 53.4 Å². The number of pyridine rings is 1. The Labute approximate surface area is 266 Å². The number of amides is 1. The molecule has 46 heavy (non-hydrogen) atoms. The summed E-state index contributed by atoms with van der Waals surface area (Å²) >= 11 is 0. The predicted octanol–water partition coefficient (Wildman–Crippen LogP) is 5.25. The Hall–Kier alpha value is -5.63. The molecule has 0 fully saturated rings. The number of hydrogen-bond acceptors (Lipinski definition) is 11. The van der Waals surface area contributed by atoms with Crippen LogP contribution in [-0.2, 0) is 20.2 Å². The Bertz CT molecular complexity index is 1920. The van der Waals surface area contributed by atoms with Gasteiger partial charge in [0.2, 0.25) is 11.6 Å². The first-order valence-corrected chi connectivity index (χ1v) is 15.5. The number of sulfonamides is 1. The molecule has 13 nitrogen and oxygen atoms in total. The molecule has 0 atom stereocenters. The largest absolute Gasteiger partial charge is 0.493 e. The first-order chi connectivity index (χ1) is 22.0. The van der Waals surface area contributed by atoms with Crippen LogP contribution < -0.4 is 24.2 Å². The second kappa shape index (κ2) is 13.6. The molecular formula is C32H31N7O6S. The number of methoxy groups -OCH3 is 1. The number of nitrogens with one attached hydrogen (secondary N) is 2. The SMILES string of the molecule is COc1ccccc1Oc1c(NS(=O)(=O)c2ccc(C(C)(C)C)cc2)nc(-c2ncccn2)nc1OCC(=O)Nc1ccccn1. The van der Waals surface area contributed by atoms with Crippen molar-refractivity contribution in [2.45, 2.75) is 31.1 Å². The summed E-state index contributed by atoms with van der Waals surface area (Å²) in [4.78, 5) is 34.1. The first kappa shape index (κ1) is 31.8. The zero-order chi connectivity index (χ0) is 32.7. The minimum absolute atomic E-state index is 0.0166. The van der Waals surface area contributed by atoms with E-state index in [-0.39, 0.29) is 45.2 Å². The Morgan fingerprint density at radius 2 is 1.48 bits per heavy atom. The van der Waals surface area contributed by atoms with E-state index in [4.69, 9.17) is 14.2 Å². The highest BCUT2D eigenvalue weighted by molar-refractivity contribution is 7.92. The van der Waals surface area contributed by atoms with Gasteiger partial charge in [0.1, 0.15) is 5.82 Å². The van der Waals surface area contributed by atoms with Crippen LogP contribution in [-0.4, -0.2) is 53.0 Å². The molecule has 0 aliphatic carbocycles. The molecule has 2 aromatic carbocycles. The molecule has 5 aromatic rings. The molecular weight excluding hydrogens is 610 g/mol. The maximum atomic E-state index is 13.7. The van der Waals surface area contributed by atoms with Gasteiger partial charge in [0.25, 0.3) is 21.8 Å². The van der Waals surface area contributed by atoms with E-state index in [0.29, 0.717) is 11.6 Å². The lowest BCUT2D eigenvalue weighted by molar-refractivity contribution is -0.118. The van der Waals surface area contributed by atoms with Gasteiger partial charge >= 0.3 is 0 Å². The number of para-hydroxylation sites is 2. The van der Waals surface area contributed by atoms with E-state index >= 15 is 0 Å². The van der Waals surface area contributed by atoms with Crippen molar-refractivity contribution in [1.82, 2.24) is 24.9 Å². The standard InChI is InChI=1S/C32H31N7O6S/c1-32(2,3)21-13-15-22(16-14-21)46(41,42)39-28-27(45-24-11-6-5-10-23(24)43-4)31(38-30(37-28)29-34-18-9-19-35-29)44-20-26(40)36-25-12-7-8-17-33-25/h5-19H,20H2,1-4H3,(H,33,36,40)(H,37,38,39). The normalized spacial score (nSPS) is 11.4. The third kappa shape index (κ3) is 7.71. The van der Waals surface area contributed by atoms with Crippen molar-refractivity contribution in [1.29, 1.82) is 0 Å². The predicted molar refractivity (Wildman–Crippen MR) is 170 cm³/mol. The monoisotopic (exact) mass is 641 g/mol. The van der Waals surface area contributed by atoms with Crippen molar-refractivity contribution in [3.8, 4) is 34.8 Å². The van der Waals surface area contributed by atoms with E-state index in [1.54, 1.807) is 60.7 Å². The first-order valence-electron chi connectivity index (χ1n) is 14.0. The molecule has 0 saturated heterocycles. The quantitative estimate of drug-likeness (QED) is 0.193. The lowest BCUT2D eigenvalue weighted by atomic mass is 9.87. The molecule has 0 saturated carbocycles. The maximum absolute atomic E-state index is 13.7. The van der Waals surface area contributed by atoms with Crippen molar-refractivity contribution < 1.29 is 27.4 Å². The van der Waals surface area contributed by atoms with Crippen molar-refractivity contribution in [3.63, 3.8) is 0 Å². The third-order valence-corrected chi connectivity index (χ3v) is 7.77. The highest BCUT2D eigenvalue weighted by atomic mass is 32.2. The van der Waals surface area contributed by atoms with Crippen LogP contribution in [0.1, 0.15) is 26.3 Å². The van der Waals surface area contributed by atoms with Gasteiger partial charge in [-0.15, -0.1) is 0 Å². The molecule has 0 radical (unpaired) electrons. The molecule has 3 heterocycles. The van der Waals surface area contributed by atoms with Gasteiger partial charge in [0.05, 0.1) is 12.0 Å². The number of ether oxygens (including phenoxy) is 3. The van der Waals surface area contributed by atoms with Crippen molar-refractivity contribution >= 4 is 27.6 Å². The van der Waals surface area contributed by atoms with Gasteiger partial charge in [0, 0.05) is 18.6 Å². The summed E-state index contributed by atoms with van der Waals surface area (Å²) in [6.07, 6.45) is 4.49. The molecule has 0 bridgehead atoms. The molecule has 0 aliphatic heterocycles. The third-order valence-electron chi connectivity index (χ3n) is 6.42. The van der Waals surface area contributed by atoms with Gasteiger partial charge in [-0.25, -0.2) is 28.4 Å². The molecule has 5 rings (SSSR count). The lowest BCUT2D eigenvalue weighted by Crippen LogP contribution is -2.22. The minimum atomic E-state index is -4.23. The van der Waals surface area contributed by atoms with Gasteiger partial charge in [-0.1, -0.05) is 51.1 Å². The van der Waals surface area contributed by atoms with Crippen molar-refractivity contribution in [2.24, 2.45) is 0 Å². The van der Waals surface area contributed by atoms with Crippen LogP contribution in [0, 0.1) is 0 Å². The minimum Gasteiger partial charge on any atom is -0.493 e. The fourth-order valence-corrected chi connectivity index (χ4v) is 5.09. The fourth-order valence-electron chi connectivity index (χ4n) is 4.09. The molecule has 0 spiro atoms. The van der Waals surface area contributed by atoms with E-state index < -0.39 is 22.5 Å². The van der Waals surface area contributed by atoms with E-state index in [1.807, 2.05) is 20.8 Å². The average Bonchev–Trinajstić information content (AvgIpc) is 3.05. The van der Waals surface area contributed by atoms with E-state index in [9.17, 15) is 13.2 Å². The van der Waals surface area contributed by atoms with Crippen LogP contribution in [0.5, 0.6) is 23.1 Å². The fraction of sp³-hybridized carbons (Fsp3) is 0.188. The van der Waals surface area contributed by atoms with Crippen LogP contribution in [0.2, 0.25) is 0 Å². The summed E-state index contributed by atoms with van der Waals surface area (Å²) in [6, 6.07) is 19.9. The second-order valence-electron chi connectivity index (χ2n) is 10.8. The Balaban J connectivity index is 1.59. The van der Waals surface area contributed by atoms with Crippen molar-refractivity contribution in [2.75, 3.05) is 23.8 Å². The van der Waals surface area contributed by atoms with Crippen LogP contribution in [0.25, 0.3) is 11.6 Å². The molecule has 0 unspecified atom stereocenters. The lowest BCUT2D eigenvalue weighted by Gasteiger charge is -2.20.